The van der Waals surface area contributed by atoms with Crippen molar-refractivity contribution in [3.63, 3.8) is 0 Å². The van der Waals surface area contributed by atoms with Gasteiger partial charge in [0.15, 0.2) is 0 Å². The highest BCUT2D eigenvalue weighted by molar-refractivity contribution is 5.36. The first-order valence-corrected chi connectivity index (χ1v) is 5.29. The first-order valence-electron chi connectivity index (χ1n) is 5.29. The molecule has 0 radical (unpaired) electrons. The summed E-state index contributed by atoms with van der Waals surface area (Å²) in [6.45, 7) is 5.08. The van der Waals surface area contributed by atoms with Gasteiger partial charge in [-0.05, 0) is 38.5 Å². The lowest BCUT2D eigenvalue weighted by molar-refractivity contribution is 0.0737. The van der Waals surface area contributed by atoms with Crippen LogP contribution in [0, 0.1) is 12.7 Å². The highest BCUT2D eigenvalue weighted by Gasteiger charge is 2.21. The van der Waals surface area contributed by atoms with Crippen molar-refractivity contribution < 1.29 is 9.50 Å². The van der Waals surface area contributed by atoms with Crippen LogP contribution in [0.5, 0.6) is 0 Å². The summed E-state index contributed by atoms with van der Waals surface area (Å²) in [5.41, 5.74) is 0.576. The van der Waals surface area contributed by atoms with E-state index < -0.39 is 5.60 Å². The molecule has 0 fully saturated rings. The maximum atomic E-state index is 13.6. The van der Waals surface area contributed by atoms with Crippen LogP contribution in [-0.2, 0) is 5.60 Å². The molecule has 0 spiro atoms. The van der Waals surface area contributed by atoms with Crippen LogP contribution in [-0.4, -0.2) is 20.1 Å². The summed E-state index contributed by atoms with van der Waals surface area (Å²) >= 11 is 0. The molecule has 0 aliphatic carbocycles. The molecule has 0 atom stereocenters. The molecule has 0 unspecified atom stereocenters. The van der Waals surface area contributed by atoms with Gasteiger partial charge in [0.05, 0.1) is 6.20 Å². The topological polar surface area (TPSA) is 50.9 Å². The largest absolute Gasteiger partial charge is 0.384 e. The van der Waals surface area contributed by atoms with Crippen molar-refractivity contribution in [2.45, 2.75) is 26.4 Å². The maximum Gasteiger partial charge on any atom is 0.148 e. The summed E-state index contributed by atoms with van der Waals surface area (Å²) < 4.78 is 14.9. The second-order valence-electron chi connectivity index (χ2n) is 4.56. The van der Waals surface area contributed by atoms with Crippen molar-refractivity contribution in [1.29, 1.82) is 0 Å². The van der Waals surface area contributed by atoms with Crippen LogP contribution in [0.15, 0.2) is 24.4 Å². The predicted octanol–water partition coefficient (Wildman–Crippen LogP) is 1.94. The monoisotopic (exact) mass is 235 g/mol. The van der Waals surface area contributed by atoms with Crippen molar-refractivity contribution in [3.8, 4) is 5.69 Å². The fourth-order valence-electron chi connectivity index (χ4n) is 1.46. The van der Waals surface area contributed by atoms with Crippen molar-refractivity contribution in [1.82, 2.24) is 15.0 Å². The molecule has 17 heavy (non-hydrogen) atoms. The number of aromatic nitrogens is 3. The Morgan fingerprint density at radius 3 is 2.65 bits per heavy atom. The molecular formula is C12H14FN3O. The van der Waals surface area contributed by atoms with E-state index in [-0.39, 0.29) is 5.82 Å². The molecular weight excluding hydrogens is 221 g/mol. The first-order chi connectivity index (χ1) is 7.88. The highest BCUT2D eigenvalue weighted by atomic mass is 19.1. The molecule has 2 rings (SSSR count). The molecule has 4 nitrogen and oxygen atoms in total. The Labute approximate surface area is 98.7 Å². The van der Waals surface area contributed by atoms with E-state index in [1.54, 1.807) is 26.0 Å². The Kier molecular flexibility index (Phi) is 2.71. The Morgan fingerprint density at radius 1 is 1.35 bits per heavy atom. The number of halogens is 1. The van der Waals surface area contributed by atoms with Crippen LogP contribution in [0.1, 0.15) is 25.1 Å². The molecule has 0 saturated heterocycles. The van der Waals surface area contributed by atoms with Gasteiger partial charge in [0.2, 0.25) is 0 Å². The van der Waals surface area contributed by atoms with Crippen LogP contribution in [0.2, 0.25) is 0 Å². The summed E-state index contributed by atoms with van der Waals surface area (Å²) in [6, 6.07) is 4.75. The van der Waals surface area contributed by atoms with Crippen molar-refractivity contribution in [2.75, 3.05) is 0 Å². The Hall–Kier alpha value is -1.75. The summed E-state index contributed by atoms with van der Waals surface area (Å²) in [6.07, 6.45) is 1.53. The van der Waals surface area contributed by atoms with Crippen molar-refractivity contribution >= 4 is 0 Å². The van der Waals surface area contributed by atoms with E-state index in [2.05, 4.69) is 10.3 Å². The van der Waals surface area contributed by atoms with Gasteiger partial charge in [-0.1, -0.05) is 11.3 Å². The number of rotatable bonds is 2. The molecule has 1 aromatic carbocycles. The van der Waals surface area contributed by atoms with Gasteiger partial charge in [-0.2, -0.15) is 0 Å². The summed E-state index contributed by atoms with van der Waals surface area (Å²) in [7, 11) is 0. The molecule has 0 aliphatic heterocycles. The lowest BCUT2D eigenvalue weighted by atomic mass is 10.1. The molecule has 2 aromatic rings. The van der Waals surface area contributed by atoms with Crippen LogP contribution in [0.25, 0.3) is 5.69 Å². The van der Waals surface area contributed by atoms with E-state index in [0.717, 1.165) is 5.56 Å². The van der Waals surface area contributed by atoms with Gasteiger partial charge in [-0.3, -0.25) is 0 Å². The number of benzene rings is 1. The first kappa shape index (κ1) is 11.7. The lowest BCUT2D eigenvalue weighted by Crippen LogP contribution is -2.15. The molecule has 0 bridgehead atoms. The number of hydrogen-bond donors (Lipinski definition) is 1. The van der Waals surface area contributed by atoms with Gasteiger partial charge >= 0.3 is 0 Å². The van der Waals surface area contributed by atoms with Crippen molar-refractivity contribution in [3.05, 3.63) is 41.5 Å². The second-order valence-corrected chi connectivity index (χ2v) is 4.56. The highest BCUT2D eigenvalue weighted by Crippen LogP contribution is 2.19. The van der Waals surface area contributed by atoms with Crippen LogP contribution in [0.3, 0.4) is 0 Å². The third-order valence-corrected chi connectivity index (χ3v) is 2.47. The van der Waals surface area contributed by atoms with Gasteiger partial charge in [-0.15, -0.1) is 5.10 Å². The van der Waals surface area contributed by atoms with Gasteiger partial charge in [0.25, 0.3) is 0 Å². The van der Waals surface area contributed by atoms with E-state index in [4.69, 9.17) is 0 Å². The Balaban J connectivity index is 2.47. The van der Waals surface area contributed by atoms with Crippen LogP contribution in [0.4, 0.5) is 4.39 Å². The minimum atomic E-state index is -1.08. The average Bonchev–Trinajstić information content (AvgIpc) is 2.70. The van der Waals surface area contributed by atoms with E-state index in [1.165, 1.54) is 16.9 Å². The van der Waals surface area contributed by atoms with Crippen molar-refractivity contribution in [2.24, 2.45) is 0 Å². The van der Waals surface area contributed by atoms with E-state index in [1.807, 2.05) is 6.92 Å². The Bertz CT molecular complexity index is 543. The fourth-order valence-corrected chi connectivity index (χ4v) is 1.46. The molecule has 0 aliphatic rings. The summed E-state index contributed by atoms with van der Waals surface area (Å²) in [5.74, 6) is -0.372. The second kappa shape index (κ2) is 3.92. The maximum absolute atomic E-state index is 13.6. The molecule has 90 valence electrons. The summed E-state index contributed by atoms with van der Waals surface area (Å²) in [4.78, 5) is 0. The van der Waals surface area contributed by atoms with Gasteiger partial charge in [0.1, 0.15) is 22.8 Å². The number of nitrogens with zero attached hydrogens (tertiary/aromatic N) is 3. The van der Waals surface area contributed by atoms with Gasteiger partial charge in [0, 0.05) is 0 Å². The fraction of sp³-hybridized carbons (Fsp3) is 0.333. The SMILES string of the molecule is Cc1ccc(F)c(-n2cc(C(C)(C)O)nn2)c1. The smallest absolute Gasteiger partial charge is 0.148 e. The van der Waals surface area contributed by atoms with E-state index in [0.29, 0.717) is 11.4 Å². The van der Waals surface area contributed by atoms with E-state index in [9.17, 15) is 9.50 Å². The third kappa shape index (κ3) is 2.34. The molecule has 0 saturated carbocycles. The molecule has 0 amide bonds. The average molecular weight is 235 g/mol. The minimum Gasteiger partial charge on any atom is -0.384 e. The van der Waals surface area contributed by atoms with Gasteiger partial charge < -0.3 is 5.11 Å². The quantitative estimate of drug-likeness (QED) is 0.865. The minimum absolute atomic E-state index is 0.327. The lowest BCUT2D eigenvalue weighted by Gasteiger charge is -2.11. The molecule has 1 aromatic heterocycles. The predicted molar refractivity (Wildman–Crippen MR) is 61.3 cm³/mol. The zero-order valence-corrected chi connectivity index (χ0v) is 9.98. The zero-order chi connectivity index (χ0) is 12.6. The molecule has 1 heterocycles. The molecule has 5 heteroatoms. The van der Waals surface area contributed by atoms with E-state index >= 15 is 0 Å². The van der Waals surface area contributed by atoms with Crippen LogP contribution >= 0.6 is 0 Å². The third-order valence-electron chi connectivity index (χ3n) is 2.47. The Morgan fingerprint density at radius 2 is 2.06 bits per heavy atom. The molecule has 1 N–H and O–H groups in total. The normalized spacial score (nSPS) is 11.8. The number of aliphatic hydroxyl groups is 1. The van der Waals surface area contributed by atoms with Gasteiger partial charge in [-0.25, -0.2) is 9.07 Å². The zero-order valence-electron chi connectivity index (χ0n) is 9.98. The number of hydrogen-bond acceptors (Lipinski definition) is 3. The number of aryl methyl sites for hydroxylation is 1. The summed E-state index contributed by atoms with van der Waals surface area (Å²) in [5, 5.41) is 17.4. The van der Waals surface area contributed by atoms with Crippen LogP contribution < -0.4 is 0 Å². The standard InChI is InChI=1S/C12H14FN3O/c1-8-4-5-9(13)10(6-8)16-7-11(14-15-16)12(2,3)17/h4-7,17H,1-3H3.